The summed E-state index contributed by atoms with van der Waals surface area (Å²) in [5.74, 6) is -2.48. The van der Waals surface area contributed by atoms with Crippen LogP contribution in [0, 0.1) is 11.3 Å². The lowest BCUT2D eigenvalue weighted by Gasteiger charge is -2.25. The van der Waals surface area contributed by atoms with Crippen LogP contribution in [-0.4, -0.2) is 60.3 Å². The summed E-state index contributed by atoms with van der Waals surface area (Å²) in [5, 5.41) is 24.7. The molecule has 0 aliphatic carbocycles. The van der Waals surface area contributed by atoms with Gasteiger partial charge in [-0.3, -0.25) is 9.59 Å². The van der Waals surface area contributed by atoms with E-state index in [-0.39, 0.29) is 24.3 Å². The topological polar surface area (TPSA) is 157 Å². The van der Waals surface area contributed by atoms with Crippen molar-refractivity contribution >= 4 is 27.8 Å². The van der Waals surface area contributed by atoms with Gasteiger partial charge in [-0.25, -0.2) is 13.2 Å². The maximum Gasteiger partial charge on any atom is 0.326 e. The molecule has 3 atom stereocenters. The minimum absolute atomic E-state index is 0.0225. The molecule has 0 saturated carbocycles. The first-order valence-electron chi connectivity index (χ1n) is 14.2. The summed E-state index contributed by atoms with van der Waals surface area (Å²) in [5.41, 5.74) is 3.03. The highest BCUT2D eigenvalue weighted by molar-refractivity contribution is 7.89. The first-order chi connectivity index (χ1) is 21.7. The lowest BCUT2D eigenvalue weighted by Crippen LogP contribution is -2.51. The molecule has 2 unspecified atom stereocenters. The minimum atomic E-state index is -4.17. The average Bonchev–Trinajstić information content (AvgIpc) is 3.50. The smallest absolute Gasteiger partial charge is 0.326 e. The number of sulfonamides is 1. The summed E-state index contributed by atoms with van der Waals surface area (Å²) in [6.07, 6.45) is -0.108. The zero-order valence-electron chi connectivity index (χ0n) is 24.0. The zero-order chi connectivity index (χ0) is 32.0. The molecule has 1 aliphatic rings. The van der Waals surface area contributed by atoms with Gasteiger partial charge >= 0.3 is 5.97 Å². The van der Waals surface area contributed by atoms with Gasteiger partial charge in [0.2, 0.25) is 15.9 Å². The molecular formula is C34H30N4O6S. The number of carboxylic acids is 1. The number of rotatable bonds is 10. The van der Waals surface area contributed by atoms with Gasteiger partial charge in [-0.15, -0.1) is 0 Å². The van der Waals surface area contributed by atoms with E-state index in [9.17, 15) is 33.2 Å². The molecule has 0 aromatic heterocycles. The molecule has 3 N–H and O–H groups in total. The largest absolute Gasteiger partial charge is 0.480 e. The fourth-order valence-corrected chi connectivity index (χ4v) is 7.02. The van der Waals surface area contributed by atoms with E-state index in [1.807, 2.05) is 12.1 Å². The van der Waals surface area contributed by atoms with Crippen molar-refractivity contribution in [1.82, 2.24) is 14.9 Å². The molecule has 1 aliphatic heterocycles. The summed E-state index contributed by atoms with van der Waals surface area (Å²) in [6, 6.07) is 29.0. The number of amides is 2. The van der Waals surface area contributed by atoms with Gasteiger partial charge in [-0.1, -0.05) is 78.9 Å². The number of carbonyl (C=O) groups is 3. The van der Waals surface area contributed by atoms with Crippen molar-refractivity contribution in [1.29, 1.82) is 5.26 Å². The van der Waals surface area contributed by atoms with Crippen LogP contribution in [0.25, 0.3) is 11.1 Å². The molecule has 11 heteroatoms. The molecule has 4 aromatic carbocycles. The second-order valence-electron chi connectivity index (χ2n) is 10.6. The predicted molar refractivity (Wildman–Crippen MR) is 166 cm³/mol. The third-order valence-corrected chi connectivity index (χ3v) is 9.54. The van der Waals surface area contributed by atoms with Crippen LogP contribution in [0.2, 0.25) is 0 Å². The van der Waals surface area contributed by atoms with Crippen molar-refractivity contribution in [2.24, 2.45) is 0 Å². The van der Waals surface area contributed by atoms with Gasteiger partial charge < -0.3 is 15.7 Å². The molecule has 1 heterocycles. The zero-order valence-corrected chi connectivity index (χ0v) is 24.9. The van der Waals surface area contributed by atoms with Crippen molar-refractivity contribution in [3.8, 4) is 17.2 Å². The maximum atomic E-state index is 13.7. The molecule has 2 amide bonds. The fraction of sp³-hybridized carbons (Fsp3) is 0.176. The number of nitrogens with zero attached hydrogens (tertiary/aromatic N) is 2. The molecule has 1 fully saturated rings. The number of aliphatic carboxylic acids is 1. The quantitative estimate of drug-likeness (QED) is 0.244. The number of nitriles is 1. The molecule has 4 aromatic rings. The Bertz CT molecular complexity index is 1840. The first-order valence-corrected chi connectivity index (χ1v) is 15.7. The van der Waals surface area contributed by atoms with Crippen molar-refractivity contribution < 1.29 is 27.9 Å². The van der Waals surface area contributed by atoms with Crippen LogP contribution in [0.1, 0.15) is 27.9 Å². The Morgan fingerprint density at radius 2 is 1.51 bits per heavy atom. The van der Waals surface area contributed by atoms with E-state index in [1.165, 1.54) is 12.1 Å². The third kappa shape index (κ3) is 7.09. The molecular weight excluding hydrogens is 592 g/mol. The molecule has 5 rings (SSSR count). The fourth-order valence-electron chi connectivity index (χ4n) is 5.36. The van der Waals surface area contributed by atoms with Crippen molar-refractivity contribution in [3.63, 3.8) is 0 Å². The van der Waals surface area contributed by atoms with E-state index in [0.29, 0.717) is 16.7 Å². The van der Waals surface area contributed by atoms with Crippen LogP contribution >= 0.6 is 0 Å². The van der Waals surface area contributed by atoms with E-state index in [0.717, 1.165) is 15.4 Å². The van der Waals surface area contributed by atoms with Gasteiger partial charge in [0.05, 0.1) is 16.5 Å². The van der Waals surface area contributed by atoms with Gasteiger partial charge in [0, 0.05) is 24.6 Å². The Morgan fingerprint density at radius 1 is 0.889 bits per heavy atom. The lowest BCUT2D eigenvalue weighted by atomic mass is 9.97. The molecule has 0 radical (unpaired) electrons. The second kappa shape index (κ2) is 13.5. The Kier molecular flexibility index (Phi) is 9.37. The standard InChI is InChI=1S/C34H30N4O6S/c35-21-26-11-7-8-14-29(26)24-17-15-23(16-18-24)19-30(34(41)42)37-33(40)31-20-27(36-32(39)25-9-3-1-4-10-25)22-38(31)45(43,44)28-12-5-2-6-13-28/h1-18,27,30-31H,19-20,22H2,(H,36,39)(H,37,40)(H,41,42)/t27-,30?,31?/m1/s1. The molecule has 228 valence electrons. The second-order valence-corrected chi connectivity index (χ2v) is 12.5. The van der Waals surface area contributed by atoms with Crippen LogP contribution in [0.4, 0.5) is 0 Å². The Labute approximate surface area is 261 Å². The molecule has 45 heavy (non-hydrogen) atoms. The SMILES string of the molecule is N#Cc1ccccc1-c1ccc(CC(NC(=O)C2C[C@@H](NC(=O)c3ccccc3)CN2S(=O)(=O)c2ccccc2)C(=O)O)cc1. The normalized spacial score (nSPS) is 17.1. The van der Waals surface area contributed by atoms with Crippen molar-refractivity contribution in [2.45, 2.75) is 35.9 Å². The number of nitrogens with one attached hydrogen (secondary N) is 2. The third-order valence-electron chi connectivity index (χ3n) is 7.65. The summed E-state index contributed by atoms with van der Waals surface area (Å²) < 4.78 is 28.3. The van der Waals surface area contributed by atoms with Gasteiger partial charge in [0.15, 0.2) is 0 Å². The number of hydrogen-bond donors (Lipinski definition) is 3. The van der Waals surface area contributed by atoms with Gasteiger partial charge in [0.1, 0.15) is 12.1 Å². The molecule has 1 saturated heterocycles. The number of carboxylic acid groups (broad SMARTS) is 1. The predicted octanol–water partition coefficient (Wildman–Crippen LogP) is 3.60. The van der Waals surface area contributed by atoms with E-state index in [4.69, 9.17) is 0 Å². The number of hydrogen-bond acceptors (Lipinski definition) is 6. The van der Waals surface area contributed by atoms with E-state index in [2.05, 4.69) is 16.7 Å². The Hall–Kier alpha value is -5.31. The minimum Gasteiger partial charge on any atom is -0.480 e. The van der Waals surface area contributed by atoms with Gasteiger partial charge in [0.25, 0.3) is 5.91 Å². The van der Waals surface area contributed by atoms with E-state index in [1.54, 1.807) is 84.9 Å². The summed E-state index contributed by atoms with van der Waals surface area (Å²) in [7, 11) is -4.17. The number of benzene rings is 4. The van der Waals surface area contributed by atoms with Gasteiger partial charge in [-0.05, 0) is 53.4 Å². The van der Waals surface area contributed by atoms with Crippen LogP contribution < -0.4 is 10.6 Å². The van der Waals surface area contributed by atoms with Crippen molar-refractivity contribution in [2.75, 3.05) is 6.54 Å². The van der Waals surface area contributed by atoms with Gasteiger partial charge in [-0.2, -0.15) is 9.57 Å². The average molecular weight is 623 g/mol. The Balaban J connectivity index is 1.35. The van der Waals surface area contributed by atoms with Crippen molar-refractivity contribution in [3.05, 3.63) is 126 Å². The van der Waals surface area contributed by atoms with Crippen LogP contribution in [0.15, 0.2) is 114 Å². The summed E-state index contributed by atoms with van der Waals surface area (Å²) in [4.78, 5) is 38.7. The van der Waals surface area contributed by atoms with E-state index >= 15 is 0 Å². The highest BCUT2D eigenvalue weighted by Gasteiger charge is 2.45. The molecule has 0 spiro atoms. The highest BCUT2D eigenvalue weighted by Crippen LogP contribution is 2.28. The Morgan fingerprint density at radius 3 is 2.16 bits per heavy atom. The van der Waals surface area contributed by atoms with Crippen LogP contribution in [0.5, 0.6) is 0 Å². The lowest BCUT2D eigenvalue weighted by molar-refractivity contribution is -0.142. The highest BCUT2D eigenvalue weighted by atomic mass is 32.2. The first kappa shape index (κ1) is 31.1. The summed E-state index contributed by atoms with van der Waals surface area (Å²) in [6.45, 7) is -0.169. The monoisotopic (exact) mass is 622 g/mol. The molecule has 0 bridgehead atoms. The van der Waals surface area contributed by atoms with E-state index < -0.39 is 45.9 Å². The maximum absolute atomic E-state index is 13.7. The van der Waals surface area contributed by atoms with Crippen LogP contribution in [0.3, 0.4) is 0 Å². The summed E-state index contributed by atoms with van der Waals surface area (Å²) >= 11 is 0. The number of carbonyl (C=O) groups excluding carboxylic acids is 2. The van der Waals surface area contributed by atoms with Crippen LogP contribution in [-0.2, 0) is 26.0 Å². The molecule has 10 nitrogen and oxygen atoms in total.